The van der Waals surface area contributed by atoms with Gasteiger partial charge >= 0.3 is 6.03 Å². The summed E-state index contributed by atoms with van der Waals surface area (Å²) in [5, 5.41) is 19.0. The van der Waals surface area contributed by atoms with Crippen LogP contribution in [-0.4, -0.2) is 33.6 Å². The van der Waals surface area contributed by atoms with Gasteiger partial charge in [-0.2, -0.15) is 5.10 Å². The smallest absolute Gasteiger partial charge is 0.320 e. The van der Waals surface area contributed by atoms with Gasteiger partial charge in [0.05, 0.1) is 6.10 Å². The monoisotopic (exact) mass is 254 g/mol. The van der Waals surface area contributed by atoms with E-state index < -0.39 is 0 Å². The van der Waals surface area contributed by atoms with Gasteiger partial charge in [-0.15, -0.1) is 0 Å². The summed E-state index contributed by atoms with van der Waals surface area (Å²) in [5.74, 6) is 0.727. The van der Waals surface area contributed by atoms with Crippen LogP contribution in [0.2, 0.25) is 0 Å². The highest BCUT2D eigenvalue weighted by Gasteiger charge is 2.10. The van der Waals surface area contributed by atoms with E-state index in [0.29, 0.717) is 18.8 Å². The molecule has 1 heterocycles. The molecule has 1 atom stereocenters. The van der Waals surface area contributed by atoms with Gasteiger partial charge in [-0.25, -0.2) is 4.79 Å². The Kier molecular flexibility index (Phi) is 5.15. The van der Waals surface area contributed by atoms with Crippen LogP contribution < -0.4 is 10.6 Å². The molecule has 2 amide bonds. The number of nitrogens with one attached hydrogen (secondary N) is 2. The van der Waals surface area contributed by atoms with Gasteiger partial charge in [-0.3, -0.25) is 10.00 Å². The van der Waals surface area contributed by atoms with E-state index in [1.165, 1.54) is 0 Å². The lowest BCUT2D eigenvalue weighted by Gasteiger charge is -2.14. The number of amides is 2. The number of aliphatic hydroxyl groups excluding tert-OH is 1. The van der Waals surface area contributed by atoms with E-state index >= 15 is 0 Å². The standard InChI is InChI=1S/C12H22N4O2/c1-8(2)10(17)5-6-13-12(18)14-11-7-9(3)16(4)15-11/h7-8,10,17H,5-6H2,1-4H3,(H2,13,14,15,18). The molecule has 0 aliphatic rings. The van der Waals surface area contributed by atoms with Gasteiger partial charge in [0.25, 0.3) is 0 Å². The van der Waals surface area contributed by atoms with Gasteiger partial charge in [0.1, 0.15) is 0 Å². The summed E-state index contributed by atoms with van der Waals surface area (Å²) < 4.78 is 1.69. The average Bonchev–Trinajstić information content (AvgIpc) is 2.57. The molecule has 3 N–H and O–H groups in total. The maximum absolute atomic E-state index is 11.5. The molecule has 1 aromatic heterocycles. The van der Waals surface area contributed by atoms with E-state index in [0.717, 1.165) is 5.69 Å². The van der Waals surface area contributed by atoms with Crippen LogP contribution in [-0.2, 0) is 7.05 Å². The molecular weight excluding hydrogens is 232 g/mol. The Labute approximate surface area is 107 Å². The van der Waals surface area contributed by atoms with Gasteiger partial charge in [0.15, 0.2) is 5.82 Å². The quantitative estimate of drug-likeness (QED) is 0.740. The van der Waals surface area contributed by atoms with Crippen LogP contribution in [0.3, 0.4) is 0 Å². The van der Waals surface area contributed by atoms with Gasteiger partial charge in [0.2, 0.25) is 0 Å². The van der Waals surface area contributed by atoms with Crippen LogP contribution in [0.1, 0.15) is 26.0 Å². The number of hydrogen-bond acceptors (Lipinski definition) is 3. The molecule has 1 rings (SSSR count). The number of nitrogens with zero attached hydrogens (tertiary/aromatic N) is 2. The summed E-state index contributed by atoms with van der Waals surface area (Å²) >= 11 is 0. The predicted molar refractivity (Wildman–Crippen MR) is 70.4 cm³/mol. The molecule has 6 nitrogen and oxygen atoms in total. The third-order valence-electron chi connectivity index (χ3n) is 2.85. The Morgan fingerprint density at radius 2 is 2.22 bits per heavy atom. The molecule has 18 heavy (non-hydrogen) atoms. The number of aryl methyl sites for hydroxylation is 2. The third-order valence-corrected chi connectivity index (χ3v) is 2.85. The van der Waals surface area contributed by atoms with Crippen molar-refractivity contribution in [2.75, 3.05) is 11.9 Å². The number of urea groups is 1. The van der Waals surface area contributed by atoms with Crippen LogP contribution >= 0.6 is 0 Å². The Morgan fingerprint density at radius 1 is 1.56 bits per heavy atom. The lowest BCUT2D eigenvalue weighted by molar-refractivity contribution is 0.117. The van der Waals surface area contributed by atoms with Gasteiger partial charge < -0.3 is 10.4 Å². The first kappa shape index (κ1) is 14.5. The molecule has 0 saturated carbocycles. The van der Waals surface area contributed by atoms with Crippen LogP contribution in [0, 0.1) is 12.8 Å². The van der Waals surface area contributed by atoms with Gasteiger partial charge in [-0.1, -0.05) is 13.8 Å². The second-order valence-corrected chi connectivity index (χ2v) is 4.78. The van der Waals surface area contributed by atoms with Crippen molar-refractivity contribution in [1.82, 2.24) is 15.1 Å². The third kappa shape index (κ3) is 4.37. The molecule has 0 saturated heterocycles. The molecule has 0 fully saturated rings. The maximum atomic E-state index is 11.5. The van der Waals surface area contributed by atoms with E-state index in [1.807, 2.05) is 27.8 Å². The molecule has 0 spiro atoms. The fraction of sp³-hybridized carbons (Fsp3) is 0.667. The summed E-state index contributed by atoms with van der Waals surface area (Å²) in [7, 11) is 1.82. The van der Waals surface area contributed by atoms with E-state index in [9.17, 15) is 9.90 Å². The number of anilines is 1. The molecule has 102 valence electrons. The lowest BCUT2D eigenvalue weighted by Crippen LogP contribution is -2.32. The molecule has 0 aliphatic carbocycles. The van der Waals surface area contributed by atoms with Crippen LogP contribution in [0.5, 0.6) is 0 Å². The van der Waals surface area contributed by atoms with Crippen molar-refractivity contribution < 1.29 is 9.90 Å². The summed E-state index contributed by atoms with van der Waals surface area (Å²) in [4.78, 5) is 11.5. The minimum absolute atomic E-state index is 0.202. The normalized spacial score (nSPS) is 12.6. The van der Waals surface area contributed by atoms with Crippen molar-refractivity contribution in [3.63, 3.8) is 0 Å². The molecule has 0 radical (unpaired) electrons. The van der Waals surface area contributed by atoms with Crippen molar-refractivity contribution in [3.8, 4) is 0 Å². The fourth-order valence-corrected chi connectivity index (χ4v) is 1.45. The molecule has 6 heteroatoms. The first-order valence-electron chi connectivity index (χ1n) is 6.13. The van der Waals surface area contributed by atoms with Crippen molar-refractivity contribution >= 4 is 11.8 Å². The second-order valence-electron chi connectivity index (χ2n) is 4.78. The van der Waals surface area contributed by atoms with E-state index in [4.69, 9.17) is 0 Å². The Morgan fingerprint density at radius 3 is 2.72 bits per heavy atom. The van der Waals surface area contributed by atoms with Gasteiger partial charge in [-0.05, 0) is 19.3 Å². The number of carbonyl (C=O) groups excluding carboxylic acids is 1. The zero-order valence-corrected chi connectivity index (χ0v) is 11.4. The number of aliphatic hydroxyl groups is 1. The minimum atomic E-state index is -0.387. The van der Waals surface area contributed by atoms with Crippen molar-refractivity contribution in [1.29, 1.82) is 0 Å². The van der Waals surface area contributed by atoms with Crippen molar-refractivity contribution in [3.05, 3.63) is 11.8 Å². The van der Waals surface area contributed by atoms with E-state index in [2.05, 4.69) is 15.7 Å². The van der Waals surface area contributed by atoms with Crippen LogP contribution in [0.4, 0.5) is 10.6 Å². The van der Waals surface area contributed by atoms with E-state index in [1.54, 1.807) is 10.7 Å². The Hall–Kier alpha value is -1.56. The molecule has 1 aromatic rings. The zero-order valence-electron chi connectivity index (χ0n) is 11.4. The molecule has 0 bridgehead atoms. The Bertz CT molecular complexity index is 381. The fourth-order valence-electron chi connectivity index (χ4n) is 1.45. The van der Waals surface area contributed by atoms with Crippen molar-refractivity contribution in [2.45, 2.75) is 33.3 Å². The highest BCUT2D eigenvalue weighted by atomic mass is 16.3. The first-order chi connectivity index (χ1) is 8.40. The topological polar surface area (TPSA) is 79.2 Å². The molecular formula is C12H22N4O2. The number of carbonyl (C=O) groups is 1. The average molecular weight is 254 g/mol. The number of hydrogen-bond donors (Lipinski definition) is 3. The molecule has 1 unspecified atom stereocenters. The predicted octanol–water partition coefficient (Wildman–Crippen LogP) is 1.26. The second kappa shape index (κ2) is 6.39. The summed E-state index contributed by atoms with van der Waals surface area (Å²) in [6.45, 7) is 6.24. The minimum Gasteiger partial charge on any atom is -0.393 e. The largest absolute Gasteiger partial charge is 0.393 e. The van der Waals surface area contributed by atoms with Crippen LogP contribution in [0.25, 0.3) is 0 Å². The summed E-state index contributed by atoms with van der Waals surface area (Å²) in [6.07, 6.45) is 0.161. The Balaban J connectivity index is 2.30. The summed E-state index contributed by atoms with van der Waals surface area (Å²) in [6, 6.07) is 1.49. The lowest BCUT2D eigenvalue weighted by atomic mass is 10.0. The van der Waals surface area contributed by atoms with E-state index in [-0.39, 0.29) is 18.1 Å². The number of aromatic nitrogens is 2. The van der Waals surface area contributed by atoms with Gasteiger partial charge in [0, 0.05) is 25.4 Å². The zero-order chi connectivity index (χ0) is 13.7. The number of rotatable bonds is 5. The highest BCUT2D eigenvalue weighted by molar-refractivity contribution is 5.88. The first-order valence-corrected chi connectivity index (χ1v) is 6.13. The van der Waals surface area contributed by atoms with Crippen LogP contribution in [0.15, 0.2) is 6.07 Å². The maximum Gasteiger partial charge on any atom is 0.320 e. The SMILES string of the molecule is Cc1cc(NC(=O)NCCC(O)C(C)C)nn1C. The molecule has 0 aromatic carbocycles. The summed E-state index contributed by atoms with van der Waals surface area (Å²) in [5.41, 5.74) is 0.973. The molecule has 0 aliphatic heterocycles. The van der Waals surface area contributed by atoms with Crippen molar-refractivity contribution in [2.24, 2.45) is 13.0 Å². The highest BCUT2D eigenvalue weighted by Crippen LogP contribution is 2.06.